The van der Waals surface area contributed by atoms with Gasteiger partial charge in [0.2, 0.25) is 5.91 Å². The number of hydrogen-bond acceptors (Lipinski definition) is 7. The maximum atomic E-state index is 15.4. The van der Waals surface area contributed by atoms with Gasteiger partial charge in [0, 0.05) is 25.3 Å². The summed E-state index contributed by atoms with van der Waals surface area (Å²) in [6, 6.07) is -0.994. The number of nitrogens with zero attached hydrogens (tertiary/aromatic N) is 1. The summed E-state index contributed by atoms with van der Waals surface area (Å²) in [5.41, 5.74) is -0.448. The summed E-state index contributed by atoms with van der Waals surface area (Å²) in [6.45, 7) is 12.6. The summed E-state index contributed by atoms with van der Waals surface area (Å²) in [5.74, 6) is -1.97. The van der Waals surface area contributed by atoms with Crippen LogP contribution in [0, 0.1) is 24.2 Å². The Bertz CT molecular complexity index is 1090. The zero-order valence-electron chi connectivity index (χ0n) is 24.3. The number of carbonyl (C=O) groups excluding carboxylic acids is 2. The lowest BCUT2D eigenvalue weighted by molar-refractivity contribution is -0.144. The highest BCUT2D eigenvalue weighted by atomic mass is 19.1. The molecule has 9 heteroatoms. The van der Waals surface area contributed by atoms with Crippen LogP contribution in [0.1, 0.15) is 91.7 Å². The second-order valence-electron chi connectivity index (χ2n) is 12.4. The largest absolute Gasteiger partial charge is 0.449 e. The van der Waals surface area contributed by atoms with Gasteiger partial charge < -0.3 is 24.7 Å². The van der Waals surface area contributed by atoms with E-state index in [2.05, 4.69) is 10.3 Å². The lowest BCUT2D eigenvalue weighted by Crippen LogP contribution is -2.48. The molecule has 3 N–H and O–H groups in total. The van der Waals surface area contributed by atoms with Crippen molar-refractivity contribution in [1.29, 1.82) is 0 Å². The first-order valence-electron chi connectivity index (χ1n) is 13.9. The van der Waals surface area contributed by atoms with Gasteiger partial charge in [0.1, 0.15) is 23.6 Å². The van der Waals surface area contributed by atoms with E-state index in [1.54, 1.807) is 20.8 Å². The number of carbonyl (C=O) groups is 2. The Morgan fingerprint density at radius 2 is 1.95 bits per heavy atom. The van der Waals surface area contributed by atoms with E-state index in [1.807, 2.05) is 33.8 Å². The van der Waals surface area contributed by atoms with Crippen LogP contribution in [0.3, 0.4) is 0 Å². The molecule has 1 aromatic heterocycles. The number of aryl methyl sites for hydroxylation is 1. The number of amides is 1. The number of rotatable bonds is 4. The van der Waals surface area contributed by atoms with Crippen molar-refractivity contribution in [2.75, 3.05) is 0 Å². The lowest BCUT2D eigenvalue weighted by Gasteiger charge is -2.36. The molecule has 0 radical (unpaired) electrons. The van der Waals surface area contributed by atoms with Gasteiger partial charge in [-0.1, -0.05) is 38.8 Å². The van der Waals surface area contributed by atoms with Crippen molar-refractivity contribution in [3.05, 3.63) is 35.3 Å². The van der Waals surface area contributed by atoms with Crippen LogP contribution in [0.2, 0.25) is 0 Å². The first kappa shape index (κ1) is 31.2. The Balaban J connectivity index is 1.90. The Hall–Kier alpha value is -2.36. The molecule has 2 aliphatic heterocycles. The third-order valence-corrected chi connectivity index (χ3v) is 8.37. The number of oxazole rings is 1. The maximum absolute atomic E-state index is 15.4. The summed E-state index contributed by atoms with van der Waals surface area (Å²) in [7, 11) is 0. The van der Waals surface area contributed by atoms with Crippen molar-refractivity contribution >= 4 is 17.8 Å². The molecule has 0 saturated carbocycles. The molecule has 3 rings (SSSR count). The molecule has 0 aromatic carbocycles. The highest BCUT2D eigenvalue weighted by Crippen LogP contribution is 2.44. The van der Waals surface area contributed by atoms with Gasteiger partial charge in [-0.25, -0.2) is 9.37 Å². The molecule has 2 saturated heterocycles. The first-order valence-corrected chi connectivity index (χ1v) is 13.9. The monoisotopic (exact) mass is 548 g/mol. The van der Waals surface area contributed by atoms with E-state index in [4.69, 9.17) is 9.15 Å². The van der Waals surface area contributed by atoms with E-state index >= 15 is 4.39 Å². The van der Waals surface area contributed by atoms with Crippen molar-refractivity contribution in [1.82, 2.24) is 10.3 Å². The quantitative estimate of drug-likeness (QED) is 0.364. The first-order chi connectivity index (χ1) is 18.1. The highest BCUT2D eigenvalue weighted by Gasteiger charge is 2.53. The lowest BCUT2D eigenvalue weighted by atomic mass is 9.71. The molecule has 1 amide bonds. The van der Waals surface area contributed by atoms with E-state index in [-0.39, 0.29) is 24.2 Å². The zero-order chi connectivity index (χ0) is 29.1. The van der Waals surface area contributed by atoms with E-state index < -0.39 is 53.3 Å². The average Bonchev–Trinajstić information content (AvgIpc) is 3.29. The number of allylic oxidation sites excluding steroid dienone is 2. The normalized spacial score (nSPS) is 34.7. The molecule has 2 aliphatic rings. The molecule has 0 spiro atoms. The molecule has 0 aliphatic carbocycles. The van der Waals surface area contributed by atoms with Crippen molar-refractivity contribution in [3.63, 3.8) is 0 Å². The minimum absolute atomic E-state index is 0.159. The van der Waals surface area contributed by atoms with Crippen LogP contribution in [-0.2, 0) is 14.3 Å². The Morgan fingerprint density at radius 1 is 1.26 bits per heavy atom. The molecule has 218 valence electrons. The van der Waals surface area contributed by atoms with Gasteiger partial charge in [-0.05, 0) is 46.0 Å². The van der Waals surface area contributed by atoms with Crippen LogP contribution < -0.4 is 5.32 Å². The fourth-order valence-corrected chi connectivity index (χ4v) is 5.38. The van der Waals surface area contributed by atoms with Crippen molar-refractivity contribution in [2.45, 2.75) is 117 Å². The van der Waals surface area contributed by atoms with Crippen LogP contribution in [0.4, 0.5) is 4.39 Å². The summed E-state index contributed by atoms with van der Waals surface area (Å²) in [4.78, 5) is 30.9. The molecule has 3 heterocycles. The third-order valence-electron chi connectivity index (χ3n) is 8.37. The number of aliphatic hydroxyl groups excluding tert-OH is 2. The van der Waals surface area contributed by atoms with E-state index in [1.165, 1.54) is 12.3 Å². The second kappa shape index (κ2) is 12.4. The van der Waals surface area contributed by atoms with Gasteiger partial charge >= 0.3 is 0 Å². The Morgan fingerprint density at radius 3 is 2.56 bits per heavy atom. The molecular formula is C30H45FN2O6. The number of hydrogen-bond donors (Lipinski definition) is 3. The summed E-state index contributed by atoms with van der Waals surface area (Å²) >= 11 is 0. The van der Waals surface area contributed by atoms with E-state index in [9.17, 15) is 19.8 Å². The third kappa shape index (κ3) is 7.86. The number of fused-ring (bicyclic) bond motifs is 1. The number of nitrogens with one attached hydrogen (secondary N) is 1. The number of halogens is 1. The van der Waals surface area contributed by atoms with Crippen LogP contribution in [0.25, 0.3) is 6.08 Å². The van der Waals surface area contributed by atoms with Crippen LogP contribution in [-0.4, -0.2) is 56.8 Å². The van der Waals surface area contributed by atoms with Gasteiger partial charge in [0.05, 0.1) is 41.8 Å². The zero-order valence-corrected chi connectivity index (χ0v) is 24.3. The van der Waals surface area contributed by atoms with Gasteiger partial charge in [-0.3, -0.25) is 9.59 Å². The number of aliphatic hydroxyl groups is 2. The predicted molar refractivity (Wildman–Crippen MR) is 146 cm³/mol. The average molecular weight is 549 g/mol. The SMILES string of the molecule is CC(C)=CC[C@H]1C(=O)C(C)(C)[C@@H](O)CC(=O)N[C@H](C(F)=Cc2coc(C)n2)CC2OC2(C)CCC[C@H](C)[C@H]1O. The van der Waals surface area contributed by atoms with Crippen LogP contribution >= 0.6 is 0 Å². The maximum Gasteiger partial charge on any atom is 0.223 e. The second-order valence-corrected chi connectivity index (χ2v) is 12.4. The molecule has 2 fully saturated rings. The summed E-state index contributed by atoms with van der Waals surface area (Å²) in [5, 5.41) is 25.0. The summed E-state index contributed by atoms with van der Waals surface area (Å²) < 4.78 is 26.6. The number of ketones is 1. The molecule has 8 nitrogen and oxygen atoms in total. The topological polar surface area (TPSA) is 125 Å². The minimum atomic E-state index is -1.33. The fourth-order valence-electron chi connectivity index (χ4n) is 5.38. The smallest absolute Gasteiger partial charge is 0.223 e. The molecule has 0 bridgehead atoms. The Kier molecular flexibility index (Phi) is 9.94. The number of aromatic nitrogens is 1. The fraction of sp³-hybridized carbons (Fsp3) is 0.700. The minimum Gasteiger partial charge on any atom is -0.449 e. The summed E-state index contributed by atoms with van der Waals surface area (Å²) in [6.07, 6.45) is 4.31. The van der Waals surface area contributed by atoms with Gasteiger partial charge in [0.15, 0.2) is 5.89 Å². The number of Topliss-reactive ketones (excluding diaryl/α,β-unsaturated/α-hetero) is 1. The molecule has 39 heavy (non-hydrogen) atoms. The van der Waals surface area contributed by atoms with Crippen molar-refractivity contribution in [2.24, 2.45) is 17.3 Å². The van der Waals surface area contributed by atoms with Crippen molar-refractivity contribution in [3.8, 4) is 0 Å². The number of ether oxygens (including phenoxy) is 1. The van der Waals surface area contributed by atoms with Crippen molar-refractivity contribution < 1.29 is 33.3 Å². The standard InChI is InChI=1S/C30H45FN2O6/c1-17(2)10-11-21-27(36)18(3)9-8-12-30(7)25(39-30)14-23(22(31)13-20-16-38-19(4)32-20)33-26(35)15-24(34)29(5,6)28(21)37/h10,13,16,18,21,23-25,27,34,36H,8-9,11-12,14-15H2,1-7H3,(H,33,35)/t18-,21+,23-,24-,25?,27+,30?/m0/s1. The predicted octanol–water partition coefficient (Wildman–Crippen LogP) is 4.83. The van der Waals surface area contributed by atoms with Crippen LogP contribution in [0.5, 0.6) is 0 Å². The van der Waals surface area contributed by atoms with Crippen LogP contribution in [0.15, 0.2) is 28.2 Å². The molecule has 2 unspecified atom stereocenters. The van der Waals surface area contributed by atoms with Gasteiger partial charge in [-0.2, -0.15) is 0 Å². The van der Waals surface area contributed by atoms with Gasteiger partial charge in [-0.15, -0.1) is 0 Å². The van der Waals surface area contributed by atoms with Gasteiger partial charge in [0.25, 0.3) is 0 Å². The molecule has 7 atom stereocenters. The van der Waals surface area contributed by atoms with E-state index in [0.717, 1.165) is 12.0 Å². The molecule has 1 aromatic rings. The number of epoxide rings is 1. The highest BCUT2D eigenvalue weighted by molar-refractivity contribution is 5.88. The Labute approximate surface area is 231 Å². The van der Waals surface area contributed by atoms with E-state index in [0.29, 0.717) is 30.8 Å². The molecular weight excluding hydrogens is 503 g/mol.